The van der Waals surface area contributed by atoms with E-state index in [2.05, 4.69) is 31.0 Å². The first-order valence-electron chi connectivity index (χ1n) is 6.40. The number of hydrogen-bond donors (Lipinski definition) is 2. The van der Waals surface area contributed by atoms with Gasteiger partial charge in [-0.15, -0.1) is 0 Å². The van der Waals surface area contributed by atoms with Crippen molar-refractivity contribution in [2.24, 2.45) is 0 Å². The van der Waals surface area contributed by atoms with E-state index in [1.165, 1.54) is 24.4 Å². The van der Waals surface area contributed by atoms with Gasteiger partial charge in [0.15, 0.2) is 5.82 Å². The number of halogens is 2. The summed E-state index contributed by atoms with van der Waals surface area (Å²) in [4.78, 5) is 16.2. The summed E-state index contributed by atoms with van der Waals surface area (Å²) in [7, 11) is -3.57. The van der Waals surface area contributed by atoms with Crippen LogP contribution in [0.15, 0.2) is 41.0 Å². The molecule has 0 spiro atoms. The summed E-state index contributed by atoms with van der Waals surface area (Å²) >= 11 is 3.19. The third kappa shape index (κ3) is 5.29. The van der Waals surface area contributed by atoms with E-state index in [4.69, 9.17) is 0 Å². The Morgan fingerprint density at radius 1 is 1.30 bits per heavy atom. The largest absolute Gasteiger partial charge is 0.348 e. The van der Waals surface area contributed by atoms with Gasteiger partial charge in [0.1, 0.15) is 5.82 Å². The molecule has 0 aliphatic heterocycles. The van der Waals surface area contributed by atoms with Crippen LogP contribution in [0.2, 0.25) is 0 Å². The van der Waals surface area contributed by atoms with Crippen molar-refractivity contribution in [3.8, 4) is 0 Å². The second-order valence-electron chi connectivity index (χ2n) is 4.73. The highest BCUT2D eigenvalue weighted by atomic mass is 79.9. The molecule has 0 radical (unpaired) electrons. The smallest absolute Gasteiger partial charge is 0.255 e. The van der Waals surface area contributed by atoms with Gasteiger partial charge in [-0.1, -0.05) is 12.1 Å². The monoisotopic (exact) mass is 401 g/mol. The molecule has 0 unspecified atom stereocenters. The summed E-state index contributed by atoms with van der Waals surface area (Å²) in [6, 6.07) is 7.13. The van der Waals surface area contributed by atoms with Gasteiger partial charge in [0.05, 0.1) is 11.8 Å². The number of amides is 1. The fourth-order valence-corrected chi connectivity index (χ4v) is 2.59. The van der Waals surface area contributed by atoms with Gasteiger partial charge < -0.3 is 5.32 Å². The van der Waals surface area contributed by atoms with Crippen LogP contribution in [0.4, 0.5) is 10.2 Å². The third-order valence-corrected chi connectivity index (χ3v) is 3.75. The maximum atomic E-state index is 12.8. The van der Waals surface area contributed by atoms with Crippen LogP contribution in [0.5, 0.6) is 0 Å². The molecule has 122 valence electrons. The number of benzene rings is 1. The minimum atomic E-state index is -3.57. The molecule has 0 fully saturated rings. The molecular weight excluding hydrogens is 389 g/mol. The Hall–Kier alpha value is -2.00. The second-order valence-corrected chi connectivity index (χ2v) is 7.40. The van der Waals surface area contributed by atoms with Gasteiger partial charge in [-0.05, 0) is 39.7 Å². The SMILES string of the molecule is CS(=O)(=O)Nc1ncc(Br)cc1C(=O)NCc1ccc(F)cc1. The number of pyridine rings is 1. The van der Waals surface area contributed by atoms with Crippen molar-refractivity contribution in [2.45, 2.75) is 6.54 Å². The van der Waals surface area contributed by atoms with Crippen LogP contribution < -0.4 is 10.0 Å². The van der Waals surface area contributed by atoms with Crippen molar-refractivity contribution in [1.29, 1.82) is 0 Å². The molecule has 2 aromatic rings. The van der Waals surface area contributed by atoms with E-state index in [0.717, 1.165) is 6.26 Å². The van der Waals surface area contributed by atoms with Gasteiger partial charge in [-0.2, -0.15) is 0 Å². The average molecular weight is 402 g/mol. The van der Waals surface area contributed by atoms with E-state index < -0.39 is 15.9 Å². The zero-order valence-corrected chi connectivity index (χ0v) is 14.4. The first-order valence-corrected chi connectivity index (χ1v) is 9.09. The highest BCUT2D eigenvalue weighted by Crippen LogP contribution is 2.19. The summed E-state index contributed by atoms with van der Waals surface area (Å²) in [5.41, 5.74) is 0.784. The quantitative estimate of drug-likeness (QED) is 0.804. The van der Waals surface area contributed by atoms with Gasteiger partial charge in [-0.25, -0.2) is 17.8 Å². The number of carbonyl (C=O) groups excluding carboxylic acids is 1. The summed E-state index contributed by atoms with van der Waals surface area (Å²) in [5, 5.41) is 2.63. The zero-order chi connectivity index (χ0) is 17.0. The van der Waals surface area contributed by atoms with E-state index in [0.29, 0.717) is 10.0 Å². The molecule has 0 bridgehead atoms. The number of hydrogen-bond acceptors (Lipinski definition) is 4. The molecule has 1 amide bonds. The summed E-state index contributed by atoms with van der Waals surface area (Å²) in [6.45, 7) is 0.171. The number of sulfonamides is 1. The van der Waals surface area contributed by atoms with Crippen LogP contribution in [0.3, 0.4) is 0 Å². The van der Waals surface area contributed by atoms with Crippen LogP contribution in [-0.4, -0.2) is 25.6 Å². The third-order valence-electron chi connectivity index (χ3n) is 2.75. The lowest BCUT2D eigenvalue weighted by Gasteiger charge is -2.11. The Kier molecular flexibility index (Phi) is 5.32. The lowest BCUT2D eigenvalue weighted by atomic mass is 10.2. The van der Waals surface area contributed by atoms with Crippen molar-refractivity contribution in [3.05, 3.63) is 57.9 Å². The molecule has 0 aliphatic carbocycles. The van der Waals surface area contributed by atoms with Crippen molar-refractivity contribution < 1.29 is 17.6 Å². The number of carbonyl (C=O) groups is 1. The lowest BCUT2D eigenvalue weighted by Crippen LogP contribution is -2.25. The molecule has 1 aromatic heterocycles. The average Bonchev–Trinajstić information content (AvgIpc) is 2.47. The first kappa shape index (κ1) is 17.4. The number of nitrogens with zero attached hydrogens (tertiary/aromatic N) is 1. The topological polar surface area (TPSA) is 88.2 Å². The fourth-order valence-electron chi connectivity index (χ4n) is 1.75. The number of aromatic nitrogens is 1. The minimum Gasteiger partial charge on any atom is -0.348 e. The molecule has 0 saturated heterocycles. The van der Waals surface area contributed by atoms with Gasteiger partial charge >= 0.3 is 0 Å². The van der Waals surface area contributed by atoms with Gasteiger partial charge in [0.25, 0.3) is 5.91 Å². The predicted molar refractivity (Wildman–Crippen MR) is 88.0 cm³/mol. The van der Waals surface area contributed by atoms with Gasteiger partial charge in [0.2, 0.25) is 10.0 Å². The Balaban J connectivity index is 2.17. The predicted octanol–water partition coefficient (Wildman–Crippen LogP) is 2.28. The van der Waals surface area contributed by atoms with Gasteiger partial charge in [-0.3, -0.25) is 9.52 Å². The lowest BCUT2D eigenvalue weighted by molar-refractivity contribution is 0.0951. The molecule has 0 saturated carbocycles. The van der Waals surface area contributed by atoms with E-state index in [1.807, 2.05) is 0 Å². The Labute approximate surface area is 141 Å². The molecule has 2 rings (SSSR count). The standard InChI is InChI=1S/C14H13BrFN3O3S/c1-23(21,22)19-13-12(6-10(15)8-17-13)14(20)18-7-9-2-4-11(16)5-3-9/h2-6,8H,7H2,1H3,(H,17,19)(H,18,20). The van der Waals surface area contributed by atoms with Crippen LogP contribution in [0.1, 0.15) is 15.9 Å². The first-order chi connectivity index (χ1) is 10.7. The number of anilines is 1. The van der Waals surface area contributed by atoms with Crippen molar-refractivity contribution in [1.82, 2.24) is 10.3 Å². The molecule has 23 heavy (non-hydrogen) atoms. The van der Waals surface area contributed by atoms with E-state index >= 15 is 0 Å². The minimum absolute atomic E-state index is 0.0627. The molecule has 9 heteroatoms. The molecule has 1 aromatic carbocycles. The Bertz CT molecular complexity index is 826. The normalized spacial score (nSPS) is 11.1. The van der Waals surface area contributed by atoms with Gasteiger partial charge in [0, 0.05) is 17.2 Å². The van der Waals surface area contributed by atoms with Crippen LogP contribution >= 0.6 is 15.9 Å². The Morgan fingerprint density at radius 3 is 2.57 bits per heavy atom. The Morgan fingerprint density at radius 2 is 1.96 bits per heavy atom. The molecular formula is C14H13BrFN3O3S. The number of nitrogens with one attached hydrogen (secondary N) is 2. The molecule has 1 heterocycles. The number of rotatable bonds is 5. The second kappa shape index (κ2) is 7.05. The fraction of sp³-hybridized carbons (Fsp3) is 0.143. The summed E-state index contributed by atoms with van der Waals surface area (Å²) in [5.74, 6) is -0.933. The molecule has 6 nitrogen and oxygen atoms in total. The van der Waals surface area contributed by atoms with Crippen molar-refractivity contribution in [3.63, 3.8) is 0 Å². The maximum absolute atomic E-state index is 12.8. The van der Waals surface area contributed by atoms with E-state index in [1.54, 1.807) is 12.1 Å². The molecule has 2 N–H and O–H groups in total. The maximum Gasteiger partial charge on any atom is 0.255 e. The van der Waals surface area contributed by atoms with E-state index in [-0.39, 0.29) is 23.7 Å². The van der Waals surface area contributed by atoms with Crippen LogP contribution in [0.25, 0.3) is 0 Å². The van der Waals surface area contributed by atoms with E-state index in [9.17, 15) is 17.6 Å². The molecule has 0 aliphatic rings. The summed E-state index contributed by atoms with van der Waals surface area (Å²) in [6.07, 6.45) is 2.35. The molecule has 0 atom stereocenters. The highest BCUT2D eigenvalue weighted by Gasteiger charge is 2.16. The van der Waals surface area contributed by atoms with Crippen molar-refractivity contribution in [2.75, 3.05) is 11.0 Å². The van der Waals surface area contributed by atoms with Crippen molar-refractivity contribution >= 4 is 37.7 Å². The van der Waals surface area contributed by atoms with Crippen LogP contribution in [-0.2, 0) is 16.6 Å². The zero-order valence-electron chi connectivity index (χ0n) is 12.0. The summed E-state index contributed by atoms with van der Waals surface area (Å²) < 4.78 is 38.2. The van der Waals surface area contributed by atoms with Crippen LogP contribution in [0, 0.1) is 5.82 Å². The highest BCUT2D eigenvalue weighted by molar-refractivity contribution is 9.10.